The van der Waals surface area contributed by atoms with Gasteiger partial charge in [-0.15, -0.1) is 0 Å². The summed E-state index contributed by atoms with van der Waals surface area (Å²) >= 11 is 5.07. The molecule has 1 aromatic heterocycles. The molecule has 0 saturated heterocycles. The van der Waals surface area contributed by atoms with Crippen LogP contribution in [-0.2, 0) is 0 Å². The molecule has 0 radical (unpaired) electrons. The molecule has 0 amide bonds. The van der Waals surface area contributed by atoms with Gasteiger partial charge >= 0.3 is 0 Å². The first-order valence-electron chi connectivity index (χ1n) is 4.58. The van der Waals surface area contributed by atoms with Crippen molar-refractivity contribution >= 4 is 17.3 Å². The number of thiocarbonyl (C=S) groups is 1. The molecule has 2 aromatic rings. The first kappa shape index (κ1) is 9.93. The molecule has 0 N–H and O–H groups in total. The average molecular weight is 218 g/mol. The number of ether oxygens (including phenoxy) is 1. The Bertz CT molecular complexity index is 443. The van der Waals surface area contributed by atoms with Gasteiger partial charge in [0.2, 0.25) is 5.05 Å². The second-order valence-electron chi connectivity index (χ2n) is 3.18. The van der Waals surface area contributed by atoms with Crippen LogP contribution in [0, 0.1) is 6.92 Å². The van der Waals surface area contributed by atoms with Crippen molar-refractivity contribution < 1.29 is 9.15 Å². The topological polar surface area (TPSA) is 22.4 Å². The fraction of sp³-hybridized carbons (Fsp3) is 0.0833. The van der Waals surface area contributed by atoms with Crippen molar-refractivity contribution in [1.29, 1.82) is 0 Å². The van der Waals surface area contributed by atoms with E-state index < -0.39 is 0 Å². The highest BCUT2D eigenvalue weighted by atomic mass is 32.1. The maximum atomic E-state index is 5.45. The maximum absolute atomic E-state index is 5.45. The van der Waals surface area contributed by atoms with Gasteiger partial charge in [-0.3, -0.25) is 0 Å². The highest BCUT2D eigenvalue weighted by Gasteiger charge is 2.05. The summed E-state index contributed by atoms with van der Waals surface area (Å²) in [6, 6.07) is 11.3. The van der Waals surface area contributed by atoms with Gasteiger partial charge in [0, 0.05) is 0 Å². The fourth-order valence-corrected chi connectivity index (χ4v) is 1.37. The zero-order valence-electron chi connectivity index (χ0n) is 8.27. The predicted molar refractivity (Wildman–Crippen MR) is 62.2 cm³/mol. The number of benzene rings is 1. The van der Waals surface area contributed by atoms with Crippen LogP contribution in [0.3, 0.4) is 0 Å². The summed E-state index contributed by atoms with van der Waals surface area (Å²) < 4.78 is 10.6. The number of hydrogen-bond donors (Lipinski definition) is 0. The van der Waals surface area contributed by atoms with Crippen LogP contribution in [-0.4, -0.2) is 5.05 Å². The average Bonchev–Trinajstić information content (AvgIpc) is 2.74. The fourth-order valence-electron chi connectivity index (χ4n) is 1.16. The molecule has 76 valence electrons. The third-order valence-corrected chi connectivity index (χ3v) is 2.24. The van der Waals surface area contributed by atoms with Crippen LogP contribution in [0.1, 0.15) is 11.3 Å². The molecule has 15 heavy (non-hydrogen) atoms. The van der Waals surface area contributed by atoms with Gasteiger partial charge in [0.1, 0.15) is 5.75 Å². The standard InChI is InChI=1S/C12H10O2S/c1-9-4-6-10(7-5-9)14-12(15)11-3-2-8-13-11/h2-8H,1H3. The zero-order valence-corrected chi connectivity index (χ0v) is 9.08. The van der Waals surface area contributed by atoms with Crippen LogP contribution in [0.5, 0.6) is 5.75 Å². The highest BCUT2D eigenvalue weighted by Crippen LogP contribution is 2.14. The summed E-state index contributed by atoms with van der Waals surface area (Å²) in [5.74, 6) is 1.30. The Morgan fingerprint density at radius 2 is 1.93 bits per heavy atom. The van der Waals surface area contributed by atoms with E-state index in [0.29, 0.717) is 10.8 Å². The van der Waals surface area contributed by atoms with Crippen LogP contribution in [0.2, 0.25) is 0 Å². The minimum atomic E-state index is 0.351. The van der Waals surface area contributed by atoms with Crippen molar-refractivity contribution in [3.8, 4) is 5.75 Å². The molecule has 1 aromatic carbocycles. The van der Waals surface area contributed by atoms with Crippen molar-refractivity contribution in [2.75, 3.05) is 0 Å². The van der Waals surface area contributed by atoms with Crippen molar-refractivity contribution in [2.24, 2.45) is 0 Å². The van der Waals surface area contributed by atoms with Crippen LogP contribution >= 0.6 is 12.2 Å². The van der Waals surface area contributed by atoms with Gasteiger partial charge in [0.05, 0.1) is 6.26 Å². The van der Waals surface area contributed by atoms with Crippen molar-refractivity contribution in [2.45, 2.75) is 6.92 Å². The predicted octanol–water partition coefficient (Wildman–Crippen LogP) is 3.34. The monoisotopic (exact) mass is 218 g/mol. The Kier molecular flexibility index (Phi) is 2.83. The van der Waals surface area contributed by atoms with Gasteiger partial charge in [0.15, 0.2) is 5.76 Å². The molecular weight excluding hydrogens is 208 g/mol. The van der Waals surface area contributed by atoms with E-state index >= 15 is 0 Å². The maximum Gasteiger partial charge on any atom is 0.233 e. The molecule has 3 heteroatoms. The lowest BCUT2D eigenvalue weighted by molar-refractivity contribution is 0.506. The Hall–Kier alpha value is -1.61. The highest BCUT2D eigenvalue weighted by molar-refractivity contribution is 7.80. The van der Waals surface area contributed by atoms with Crippen LogP contribution in [0.4, 0.5) is 0 Å². The Morgan fingerprint density at radius 3 is 2.53 bits per heavy atom. The lowest BCUT2D eigenvalue weighted by Crippen LogP contribution is -2.05. The quantitative estimate of drug-likeness (QED) is 0.722. The molecule has 2 nitrogen and oxygen atoms in total. The van der Waals surface area contributed by atoms with Crippen LogP contribution in [0.25, 0.3) is 0 Å². The second kappa shape index (κ2) is 4.28. The molecule has 0 bridgehead atoms. The van der Waals surface area contributed by atoms with Crippen molar-refractivity contribution in [1.82, 2.24) is 0 Å². The SMILES string of the molecule is Cc1ccc(OC(=S)c2ccco2)cc1. The largest absolute Gasteiger partial charge is 0.460 e. The molecule has 0 saturated carbocycles. The van der Waals surface area contributed by atoms with Crippen molar-refractivity contribution in [3.63, 3.8) is 0 Å². The smallest absolute Gasteiger partial charge is 0.233 e. The van der Waals surface area contributed by atoms with E-state index in [-0.39, 0.29) is 0 Å². The summed E-state index contributed by atoms with van der Waals surface area (Å²) in [7, 11) is 0. The Morgan fingerprint density at radius 1 is 1.20 bits per heavy atom. The van der Waals surface area contributed by atoms with Crippen LogP contribution < -0.4 is 4.74 Å². The molecule has 0 unspecified atom stereocenters. The summed E-state index contributed by atoms with van der Waals surface area (Å²) in [4.78, 5) is 0. The summed E-state index contributed by atoms with van der Waals surface area (Å²) in [6.07, 6.45) is 1.57. The van der Waals surface area contributed by atoms with Gasteiger partial charge in [-0.1, -0.05) is 17.7 Å². The number of hydrogen-bond acceptors (Lipinski definition) is 3. The van der Waals surface area contributed by atoms with Gasteiger partial charge in [-0.25, -0.2) is 0 Å². The third kappa shape index (κ3) is 2.44. The van der Waals surface area contributed by atoms with E-state index in [1.807, 2.05) is 31.2 Å². The molecule has 0 fully saturated rings. The Balaban J connectivity index is 2.09. The van der Waals surface area contributed by atoms with Gasteiger partial charge in [-0.05, 0) is 43.4 Å². The van der Waals surface area contributed by atoms with Crippen molar-refractivity contribution in [3.05, 3.63) is 54.0 Å². The number of aryl methyl sites for hydroxylation is 1. The van der Waals surface area contributed by atoms with E-state index in [0.717, 1.165) is 5.75 Å². The third-order valence-electron chi connectivity index (χ3n) is 1.95. The molecule has 0 atom stereocenters. The normalized spacial score (nSPS) is 9.93. The molecule has 1 heterocycles. The first-order chi connectivity index (χ1) is 7.25. The molecule has 0 aliphatic heterocycles. The molecule has 2 rings (SSSR count). The lowest BCUT2D eigenvalue weighted by Gasteiger charge is -2.04. The first-order valence-corrected chi connectivity index (χ1v) is 4.99. The lowest BCUT2D eigenvalue weighted by atomic mass is 10.2. The number of furan rings is 1. The second-order valence-corrected chi connectivity index (χ2v) is 3.55. The Labute approximate surface area is 93.5 Å². The molecular formula is C12H10O2S. The van der Waals surface area contributed by atoms with E-state index in [9.17, 15) is 0 Å². The summed E-state index contributed by atoms with van der Waals surface area (Å²) in [5, 5.41) is 0.351. The van der Waals surface area contributed by atoms with E-state index in [1.54, 1.807) is 18.4 Å². The summed E-state index contributed by atoms with van der Waals surface area (Å²) in [6.45, 7) is 2.02. The minimum Gasteiger partial charge on any atom is -0.460 e. The number of rotatable bonds is 2. The van der Waals surface area contributed by atoms with E-state index in [1.165, 1.54) is 5.56 Å². The molecule has 0 spiro atoms. The summed E-state index contributed by atoms with van der Waals surface area (Å²) in [5.41, 5.74) is 1.19. The molecule has 0 aliphatic rings. The van der Waals surface area contributed by atoms with Gasteiger partial charge in [-0.2, -0.15) is 0 Å². The zero-order chi connectivity index (χ0) is 10.7. The minimum absolute atomic E-state index is 0.351. The van der Waals surface area contributed by atoms with Gasteiger partial charge < -0.3 is 9.15 Å². The molecule has 0 aliphatic carbocycles. The van der Waals surface area contributed by atoms with Gasteiger partial charge in [0.25, 0.3) is 0 Å². The van der Waals surface area contributed by atoms with E-state index in [2.05, 4.69) is 0 Å². The van der Waals surface area contributed by atoms with Crippen LogP contribution in [0.15, 0.2) is 47.1 Å². The van der Waals surface area contributed by atoms with E-state index in [4.69, 9.17) is 21.4 Å².